The summed E-state index contributed by atoms with van der Waals surface area (Å²) in [5.41, 5.74) is 5.82. The lowest BCUT2D eigenvalue weighted by atomic mass is 10.2. The molecule has 2 aromatic carbocycles. The van der Waals surface area contributed by atoms with Crippen LogP contribution in [0, 0.1) is 5.82 Å². The molecule has 4 rings (SSSR count). The normalized spacial score (nSPS) is 12.8. The van der Waals surface area contributed by atoms with Gasteiger partial charge in [0.2, 0.25) is 0 Å². The molecule has 1 aromatic heterocycles. The van der Waals surface area contributed by atoms with Crippen molar-refractivity contribution in [3.8, 4) is 5.69 Å². The first-order valence-electron chi connectivity index (χ1n) is 8.56. The lowest BCUT2D eigenvalue weighted by Crippen LogP contribution is -2.25. The van der Waals surface area contributed by atoms with Crippen molar-refractivity contribution < 1.29 is 14.0 Å². The van der Waals surface area contributed by atoms with Crippen molar-refractivity contribution in [3.63, 3.8) is 0 Å². The summed E-state index contributed by atoms with van der Waals surface area (Å²) in [5, 5.41) is 4.37. The second-order valence-electron chi connectivity index (χ2n) is 6.20. The van der Waals surface area contributed by atoms with Crippen LogP contribution in [0.3, 0.4) is 0 Å². The van der Waals surface area contributed by atoms with Crippen LogP contribution in [0.25, 0.3) is 5.69 Å². The molecule has 0 saturated heterocycles. The minimum Gasteiger partial charge on any atom is -0.269 e. The Labute approximate surface area is 150 Å². The molecule has 0 unspecified atom stereocenters. The van der Waals surface area contributed by atoms with Crippen LogP contribution in [0.4, 0.5) is 4.39 Å². The van der Waals surface area contributed by atoms with Gasteiger partial charge in [0, 0.05) is 11.3 Å². The Bertz CT molecular complexity index is 937. The molecule has 1 heterocycles. The number of carbonyl (C=O) groups is 1. The Balaban J connectivity index is 1.54. The number of carbonyl (C=O) groups excluding carboxylic acids is 1. The number of nitrogens with zero attached hydrogens (tertiary/aromatic N) is 2. The van der Waals surface area contributed by atoms with Crippen molar-refractivity contribution in [2.45, 2.75) is 25.9 Å². The van der Waals surface area contributed by atoms with E-state index in [1.54, 1.807) is 22.9 Å². The first-order chi connectivity index (χ1) is 12.7. The highest BCUT2D eigenvalue weighted by Gasteiger charge is 2.27. The summed E-state index contributed by atoms with van der Waals surface area (Å²) in [6.45, 7) is 0.267. The Hall–Kier alpha value is -2.99. The number of fused-ring (bicyclic) bond motifs is 1. The summed E-state index contributed by atoms with van der Waals surface area (Å²) in [6.07, 6.45) is 2.45. The fourth-order valence-electron chi connectivity index (χ4n) is 3.25. The Morgan fingerprint density at radius 3 is 2.69 bits per heavy atom. The second-order valence-corrected chi connectivity index (χ2v) is 6.20. The average Bonchev–Trinajstić information content (AvgIpc) is 3.26. The summed E-state index contributed by atoms with van der Waals surface area (Å²) >= 11 is 0. The quantitative estimate of drug-likeness (QED) is 0.717. The van der Waals surface area contributed by atoms with Gasteiger partial charge in [0.1, 0.15) is 11.5 Å². The van der Waals surface area contributed by atoms with Crippen molar-refractivity contribution in [2.24, 2.45) is 0 Å². The summed E-state index contributed by atoms with van der Waals surface area (Å²) in [6, 6.07) is 16.0. The number of para-hydroxylation sites is 1. The van der Waals surface area contributed by atoms with Gasteiger partial charge in [-0.3, -0.25) is 9.63 Å². The number of benzene rings is 2. The number of halogens is 1. The van der Waals surface area contributed by atoms with Gasteiger partial charge in [-0.25, -0.2) is 14.6 Å². The van der Waals surface area contributed by atoms with Crippen LogP contribution in [-0.4, -0.2) is 15.7 Å². The molecule has 26 heavy (non-hydrogen) atoms. The number of hydroxylamine groups is 1. The topological polar surface area (TPSA) is 56.1 Å². The van der Waals surface area contributed by atoms with Crippen LogP contribution < -0.4 is 5.48 Å². The van der Waals surface area contributed by atoms with Crippen molar-refractivity contribution in [3.05, 3.63) is 82.9 Å². The average molecular weight is 351 g/mol. The Morgan fingerprint density at radius 2 is 1.88 bits per heavy atom. The monoisotopic (exact) mass is 351 g/mol. The van der Waals surface area contributed by atoms with Crippen LogP contribution in [0.2, 0.25) is 0 Å². The van der Waals surface area contributed by atoms with Gasteiger partial charge in [-0.15, -0.1) is 0 Å². The van der Waals surface area contributed by atoms with Crippen LogP contribution in [0.1, 0.15) is 33.7 Å². The zero-order chi connectivity index (χ0) is 17.9. The smallest absolute Gasteiger partial charge is 0.269 e. The van der Waals surface area contributed by atoms with Crippen molar-refractivity contribution in [1.82, 2.24) is 15.3 Å². The van der Waals surface area contributed by atoms with E-state index in [0.29, 0.717) is 11.4 Å². The predicted molar refractivity (Wildman–Crippen MR) is 94.2 cm³/mol. The molecule has 0 atom stereocenters. The van der Waals surface area contributed by atoms with E-state index in [1.165, 1.54) is 6.07 Å². The van der Waals surface area contributed by atoms with E-state index >= 15 is 0 Å². The number of hydrogen-bond acceptors (Lipinski definition) is 3. The van der Waals surface area contributed by atoms with E-state index in [9.17, 15) is 9.18 Å². The molecule has 1 amide bonds. The van der Waals surface area contributed by atoms with Crippen molar-refractivity contribution in [2.75, 3.05) is 0 Å². The van der Waals surface area contributed by atoms with E-state index in [2.05, 4.69) is 10.6 Å². The molecule has 3 aromatic rings. The van der Waals surface area contributed by atoms with Gasteiger partial charge in [-0.2, -0.15) is 5.10 Å². The van der Waals surface area contributed by atoms with E-state index in [-0.39, 0.29) is 12.4 Å². The molecule has 0 bridgehead atoms. The SMILES string of the molecule is O=C(NOCc1ccccc1)c1nn(-c2ccccc2F)c2c1CCC2. The van der Waals surface area contributed by atoms with Crippen molar-refractivity contribution in [1.29, 1.82) is 0 Å². The van der Waals surface area contributed by atoms with Crippen LogP contribution in [0.15, 0.2) is 54.6 Å². The van der Waals surface area contributed by atoms with Crippen LogP contribution in [0.5, 0.6) is 0 Å². The molecule has 0 saturated carbocycles. The van der Waals surface area contributed by atoms with Gasteiger partial charge >= 0.3 is 0 Å². The van der Waals surface area contributed by atoms with Crippen LogP contribution >= 0.6 is 0 Å². The number of amides is 1. The summed E-state index contributed by atoms with van der Waals surface area (Å²) in [5.74, 6) is -0.772. The molecule has 1 aliphatic carbocycles. The van der Waals surface area contributed by atoms with Crippen LogP contribution in [-0.2, 0) is 24.3 Å². The molecular weight excluding hydrogens is 333 g/mol. The van der Waals surface area contributed by atoms with E-state index in [0.717, 1.165) is 36.1 Å². The minimum atomic E-state index is -0.408. The maximum Gasteiger partial charge on any atom is 0.295 e. The maximum atomic E-state index is 14.2. The third-order valence-electron chi connectivity index (χ3n) is 4.47. The summed E-state index contributed by atoms with van der Waals surface area (Å²) in [7, 11) is 0. The molecule has 5 nitrogen and oxygen atoms in total. The van der Waals surface area contributed by atoms with Gasteiger partial charge in [0.15, 0.2) is 5.69 Å². The first kappa shape index (κ1) is 16.5. The van der Waals surface area contributed by atoms with Gasteiger partial charge in [-0.05, 0) is 37.0 Å². The van der Waals surface area contributed by atoms with Gasteiger partial charge in [-0.1, -0.05) is 42.5 Å². The lowest BCUT2D eigenvalue weighted by molar-refractivity contribution is 0.0228. The predicted octanol–water partition coefficient (Wildman–Crippen LogP) is 3.36. The fourth-order valence-corrected chi connectivity index (χ4v) is 3.25. The first-order valence-corrected chi connectivity index (χ1v) is 8.56. The Kier molecular flexibility index (Phi) is 4.50. The second kappa shape index (κ2) is 7.09. The third-order valence-corrected chi connectivity index (χ3v) is 4.47. The fraction of sp³-hybridized carbons (Fsp3) is 0.200. The van der Waals surface area contributed by atoms with Gasteiger partial charge in [0.05, 0.1) is 6.61 Å². The van der Waals surface area contributed by atoms with Gasteiger partial charge < -0.3 is 0 Å². The molecule has 132 valence electrons. The highest BCUT2D eigenvalue weighted by Crippen LogP contribution is 2.28. The van der Waals surface area contributed by atoms with Gasteiger partial charge in [0.25, 0.3) is 5.91 Å². The van der Waals surface area contributed by atoms with E-state index < -0.39 is 5.91 Å². The molecule has 0 spiro atoms. The molecule has 1 aliphatic rings. The largest absolute Gasteiger partial charge is 0.295 e. The molecule has 0 fully saturated rings. The minimum absolute atomic E-state index is 0.267. The molecule has 6 heteroatoms. The zero-order valence-electron chi connectivity index (χ0n) is 14.1. The summed E-state index contributed by atoms with van der Waals surface area (Å²) < 4.78 is 15.7. The molecule has 0 radical (unpaired) electrons. The highest BCUT2D eigenvalue weighted by molar-refractivity contribution is 5.93. The number of hydrogen-bond donors (Lipinski definition) is 1. The van der Waals surface area contributed by atoms with Crippen molar-refractivity contribution >= 4 is 5.91 Å². The Morgan fingerprint density at radius 1 is 1.12 bits per heavy atom. The number of rotatable bonds is 5. The molecule has 1 N–H and O–H groups in total. The molecule has 0 aliphatic heterocycles. The summed E-state index contributed by atoms with van der Waals surface area (Å²) in [4.78, 5) is 17.8. The maximum absolute atomic E-state index is 14.2. The zero-order valence-corrected chi connectivity index (χ0v) is 14.1. The number of aromatic nitrogens is 2. The lowest BCUT2D eigenvalue weighted by Gasteiger charge is -2.06. The third kappa shape index (κ3) is 3.11. The highest BCUT2D eigenvalue weighted by atomic mass is 19.1. The van der Waals surface area contributed by atoms with E-state index in [4.69, 9.17) is 4.84 Å². The standard InChI is InChI=1S/C20H18FN3O2/c21-16-10-4-5-11-18(16)24-17-12-6-9-15(17)19(22-24)20(25)23-26-13-14-7-2-1-3-8-14/h1-5,7-8,10-11H,6,9,12-13H2,(H,23,25). The van der Waals surface area contributed by atoms with E-state index in [1.807, 2.05) is 30.3 Å². The number of nitrogens with one attached hydrogen (secondary N) is 1. The molecular formula is C20H18FN3O2.